The first-order valence-electron chi connectivity index (χ1n) is 11.4. The van der Waals surface area contributed by atoms with Crippen LogP contribution in [-0.4, -0.2) is 36.7 Å². The van der Waals surface area contributed by atoms with Crippen LogP contribution in [0.4, 0.5) is 0 Å². The monoisotopic (exact) mass is 473 g/mol. The van der Waals surface area contributed by atoms with Gasteiger partial charge in [0.05, 0.1) is 16.0 Å². The van der Waals surface area contributed by atoms with Gasteiger partial charge in [0.15, 0.2) is 0 Å². The molecule has 1 amide bonds. The Morgan fingerprint density at radius 2 is 1.65 bits per heavy atom. The number of H-pyrrole nitrogens is 1. The maximum atomic E-state index is 13.2. The van der Waals surface area contributed by atoms with E-state index in [0.717, 1.165) is 33.2 Å². The number of hydrogen-bond donors (Lipinski definition) is 2. The number of carbonyl (C=O) groups excluding carboxylic acids is 1. The van der Waals surface area contributed by atoms with Gasteiger partial charge in [0, 0.05) is 24.7 Å². The third-order valence-corrected chi connectivity index (χ3v) is 8.86. The fourth-order valence-electron chi connectivity index (χ4n) is 4.97. The Morgan fingerprint density at radius 3 is 2.32 bits per heavy atom. The van der Waals surface area contributed by atoms with E-state index in [2.05, 4.69) is 11.1 Å². The summed E-state index contributed by atoms with van der Waals surface area (Å²) >= 11 is 0. The van der Waals surface area contributed by atoms with Crippen molar-refractivity contribution >= 4 is 26.8 Å². The van der Waals surface area contributed by atoms with Crippen LogP contribution >= 0.6 is 0 Å². The van der Waals surface area contributed by atoms with Crippen LogP contribution in [0.25, 0.3) is 22.0 Å². The molecule has 3 N–H and O–H groups in total. The molecule has 0 saturated carbocycles. The molecule has 3 aromatic carbocycles. The number of aromatic amines is 1. The van der Waals surface area contributed by atoms with Gasteiger partial charge < -0.3 is 10.7 Å². The molecule has 5 rings (SSSR count). The average Bonchev–Trinajstić information content (AvgIpc) is 3.28. The Labute approximate surface area is 199 Å². The van der Waals surface area contributed by atoms with Crippen molar-refractivity contribution in [3.05, 3.63) is 89.6 Å². The van der Waals surface area contributed by atoms with E-state index in [1.54, 1.807) is 16.4 Å². The molecule has 0 unspecified atom stereocenters. The standard InChI is InChI=1S/C27H27N3O3S/c1-18-7-5-6-10-25(18)34(32,33)30-13-11-20(12-14-30)24-17-29-26-22(24)15-21(16-23(26)27(28)31)19-8-3-2-4-9-19/h2-10,15-17,20,29H,11-14H2,1H3,(H2,28,31). The van der Waals surface area contributed by atoms with Gasteiger partial charge >= 0.3 is 0 Å². The lowest BCUT2D eigenvalue weighted by molar-refractivity contribution is 0.100. The summed E-state index contributed by atoms with van der Waals surface area (Å²) in [5.41, 5.74) is 10.7. The summed E-state index contributed by atoms with van der Waals surface area (Å²) in [4.78, 5) is 15.9. The molecule has 1 aliphatic rings. The summed E-state index contributed by atoms with van der Waals surface area (Å²) in [6, 6.07) is 20.9. The lowest BCUT2D eigenvalue weighted by Crippen LogP contribution is -2.38. The molecule has 34 heavy (non-hydrogen) atoms. The molecule has 0 aliphatic carbocycles. The predicted molar refractivity (Wildman–Crippen MR) is 134 cm³/mol. The molecule has 7 heteroatoms. The second kappa shape index (κ2) is 8.74. The molecule has 0 radical (unpaired) electrons. The van der Waals surface area contributed by atoms with E-state index in [-0.39, 0.29) is 5.92 Å². The van der Waals surface area contributed by atoms with Crippen LogP contribution < -0.4 is 5.73 Å². The molecule has 4 aromatic rings. The molecule has 0 bridgehead atoms. The Bertz CT molecular complexity index is 1470. The molecular formula is C27H27N3O3S. The topological polar surface area (TPSA) is 96.3 Å². The van der Waals surface area contributed by atoms with Crippen molar-refractivity contribution in [2.75, 3.05) is 13.1 Å². The molecule has 0 atom stereocenters. The van der Waals surface area contributed by atoms with Gasteiger partial charge in [0.2, 0.25) is 10.0 Å². The van der Waals surface area contributed by atoms with Crippen LogP contribution in [0.1, 0.15) is 40.2 Å². The van der Waals surface area contributed by atoms with Crippen LogP contribution in [0.15, 0.2) is 77.8 Å². The smallest absolute Gasteiger partial charge is 0.250 e. The van der Waals surface area contributed by atoms with Crippen molar-refractivity contribution in [3.8, 4) is 11.1 Å². The third kappa shape index (κ3) is 3.91. The van der Waals surface area contributed by atoms with Gasteiger partial charge in [0.25, 0.3) is 5.91 Å². The SMILES string of the molecule is Cc1ccccc1S(=O)(=O)N1CCC(c2c[nH]c3c(C(N)=O)cc(-c4ccccc4)cc23)CC1. The van der Waals surface area contributed by atoms with Crippen LogP contribution in [0.3, 0.4) is 0 Å². The fourth-order valence-corrected chi connectivity index (χ4v) is 6.67. The second-order valence-electron chi connectivity index (χ2n) is 8.86. The molecule has 2 heterocycles. The lowest BCUT2D eigenvalue weighted by Gasteiger charge is -2.31. The summed E-state index contributed by atoms with van der Waals surface area (Å²) in [6.07, 6.45) is 3.36. The van der Waals surface area contributed by atoms with Crippen LogP contribution in [0.2, 0.25) is 0 Å². The van der Waals surface area contributed by atoms with Gasteiger partial charge in [-0.3, -0.25) is 4.79 Å². The number of nitrogens with zero attached hydrogens (tertiary/aromatic N) is 1. The summed E-state index contributed by atoms with van der Waals surface area (Å²) in [6.45, 7) is 2.73. The van der Waals surface area contributed by atoms with E-state index in [0.29, 0.717) is 36.4 Å². The van der Waals surface area contributed by atoms with Crippen LogP contribution in [0.5, 0.6) is 0 Å². The van der Waals surface area contributed by atoms with Crippen molar-refractivity contribution in [1.82, 2.24) is 9.29 Å². The van der Waals surface area contributed by atoms with Gasteiger partial charge in [-0.05, 0) is 66.1 Å². The van der Waals surface area contributed by atoms with E-state index in [1.807, 2.05) is 61.7 Å². The molecule has 0 spiro atoms. The van der Waals surface area contributed by atoms with Crippen molar-refractivity contribution in [3.63, 3.8) is 0 Å². The van der Waals surface area contributed by atoms with E-state index < -0.39 is 15.9 Å². The number of carbonyl (C=O) groups is 1. The van der Waals surface area contributed by atoms with Gasteiger partial charge in [-0.15, -0.1) is 0 Å². The zero-order chi connectivity index (χ0) is 23.9. The van der Waals surface area contributed by atoms with E-state index in [9.17, 15) is 13.2 Å². The van der Waals surface area contributed by atoms with Crippen molar-refractivity contribution in [2.45, 2.75) is 30.6 Å². The van der Waals surface area contributed by atoms with Crippen LogP contribution in [0, 0.1) is 6.92 Å². The molecule has 174 valence electrons. The summed E-state index contributed by atoms with van der Waals surface area (Å²) in [5, 5.41) is 0.968. The number of aryl methyl sites for hydroxylation is 1. The zero-order valence-corrected chi connectivity index (χ0v) is 19.8. The number of rotatable bonds is 5. The Kier molecular flexibility index (Phi) is 5.75. The normalized spacial score (nSPS) is 15.6. The number of nitrogens with two attached hydrogens (primary N) is 1. The Morgan fingerprint density at radius 1 is 0.971 bits per heavy atom. The number of fused-ring (bicyclic) bond motifs is 1. The molecular weight excluding hydrogens is 446 g/mol. The quantitative estimate of drug-likeness (QED) is 0.435. The fraction of sp³-hybridized carbons (Fsp3) is 0.222. The Hall–Kier alpha value is -3.42. The number of amides is 1. The molecule has 6 nitrogen and oxygen atoms in total. The van der Waals surface area contributed by atoms with Crippen molar-refractivity contribution in [2.24, 2.45) is 5.73 Å². The number of piperidine rings is 1. The number of hydrogen-bond acceptors (Lipinski definition) is 3. The summed E-state index contributed by atoms with van der Waals surface area (Å²) < 4.78 is 28.0. The first kappa shape index (κ1) is 22.4. The minimum Gasteiger partial charge on any atom is -0.366 e. The minimum atomic E-state index is -3.52. The highest BCUT2D eigenvalue weighted by molar-refractivity contribution is 7.89. The molecule has 1 saturated heterocycles. The van der Waals surface area contributed by atoms with Crippen molar-refractivity contribution < 1.29 is 13.2 Å². The molecule has 1 aromatic heterocycles. The van der Waals surface area contributed by atoms with E-state index in [4.69, 9.17) is 5.73 Å². The number of aromatic nitrogens is 1. The van der Waals surface area contributed by atoms with Gasteiger partial charge in [-0.2, -0.15) is 4.31 Å². The van der Waals surface area contributed by atoms with Crippen molar-refractivity contribution in [1.29, 1.82) is 0 Å². The molecule has 1 fully saturated rings. The first-order valence-corrected chi connectivity index (χ1v) is 12.9. The Balaban J connectivity index is 1.46. The van der Waals surface area contributed by atoms with Gasteiger partial charge in [-0.25, -0.2) is 8.42 Å². The maximum absolute atomic E-state index is 13.2. The number of benzene rings is 3. The number of primary amides is 1. The largest absolute Gasteiger partial charge is 0.366 e. The third-order valence-electron chi connectivity index (χ3n) is 6.80. The minimum absolute atomic E-state index is 0.184. The molecule has 1 aliphatic heterocycles. The predicted octanol–water partition coefficient (Wildman–Crippen LogP) is 4.81. The highest BCUT2D eigenvalue weighted by Crippen LogP contribution is 2.37. The van der Waals surface area contributed by atoms with Gasteiger partial charge in [-0.1, -0.05) is 48.5 Å². The van der Waals surface area contributed by atoms with Gasteiger partial charge in [0.1, 0.15) is 0 Å². The summed E-state index contributed by atoms with van der Waals surface area (Å²) in [5.74, 6) is -0.292. The summed E-state index contributed by atoms with van der Waals surface area (Å²) in [7, 11) is -3.52. The number of sulfonamides is 1. The van der Waals surface area contributed by atoms with E-state index in [1.165, 1.54) is 0 Å². The highest BCUT2D eigenvalue weighted by Gasteiger charge is 2.32. The highest BCUT2D eigenvalue weighted by atomic mass is 32.2. The maximum Gasteiger partial charge on any atom is 0.250 e. The van der Waals surface area contributed by atoms with Crippen LogP contribution in [-0.2, 0) is 10.0 Å². The lowest BCUT2D eigenvalue weighted by atomic mass is 9.88. The number of nitrogens with one attached hydrogen (secondary N) is 1. The zero-order valence-electron chi connectivity index (χ0n) is 19.0. The van der Waals surface area contributed by atoms with E-state index >= 15 is 0 Å². The second-order valence-corrected chi connectivity index (χ2v) is 10.8. The average molecular weight is 474 g/mol. The first-order chi connectivity index (χ1) is 16.4.